The smallest absolute Gasteiger partial charge is 0.237 e. The van der Waals surface area contributed by atoms with Crippen molar-refractivity contribution in [2.75, 3.05) is 33.2 Å². The van der Waals surface area contributed by atoms with Crippen LogP contribution in [0.1, 0.15) is 19.5 Å². The van der Waals surface area contributed by atoms with E-state index in [2.05, 4.69) is 25.2 Å². The lowest BCUT2D eigenvalue weighted by Crippen LogP contribution is -2.61. The Balaban J connectivity index is 0.00000300. The maximum absolute atomic E-state index is 11.7. The fraction of sp³-hybridized carbons (Fsp3) is 0.450. The molecule has 0 unspecified atom stereocenters. The number of aromatic nitrogens is 2. The maximum Gasteiger partial charge on any atom is 0.237 e. The van der Waals surface area contributed by atoms with Crippen LogP contribution in [0.4, 0.5) is 0 Å². The van der Waals surface area contributed by atoms with Gasteiger partial charge in [-0.25, -0.2) is 4.68 Å². The summed E-state index contributed by atoms with van der Waals surface area (Å²) in [5.74, 6) is 0.545. The van der Waals surface area contributed by atoms with Gasteiger partial charge in [-0.3, -0.25) is 14.7 Å². The molecule has 2 aromatic rings. The van der Waals surface area contributed by atoms with Gasteiger partial charge in [0.2, 0.25) is 5.91 Å². The van der Waals surface area contributed by atoms with Crippen molar-refractivity contribution in [1.29, 1.82) is 0 Å². The average molecular weight is 511 g/mol. The van der Waals surface area contributed by atoms with Crippen LogP contribution in [0, 0.1) is 0 Å². The molecule has 158 valence electrons. The van der Waals surface area contributed by atoms with Gasteiger partial charge in [-0.15, -0.1) is 24.0 Å². The van der Waals surface area contributed by atoms with Crippen molar-refractivity contribution in [3.63, 3.8) is 0 Å². The molecule has 0 saturated carbocycles. The molecular weight excluding hydrogens is 481 g/mol. The predicted octanol–water partition coefficient (Wildman–Crippen LogP) is 1.45. The van der Waals surface area contributed by atoms with Gasteiger partial charge < -0.3 is 16.0 Å². The molecule has 1 saturated heterocycles. The van der Waals surface area contributed by atoms with Crippen molar-refractivity contribution >= 4 is 35.8 Å². The summed E-state index contributed by atoms with van der Waals surface area (Å²) in [5, 5.41) is 8.00. The molecule has 0 spiro atoms. The van der Waals surface area contributed by atoms with Crippen molar-refractivity contribution < 1.29 is 4.79 Å². The molecule has 3 rings (SSSR count). The van der Waals surface area contributed by atoms with Crippen molar-refractivity contribution in [3.8, 4) is 5.69 Å². The highest BCUT2D eigenvalue weighted by Crippen LogP contribution is 2.16. The van der Waals surface area contributed by atoms with Gasteiger partial charge in [0.1, 0.15) is 0 Å². The Bertz CT molecular complexity index is 826. The first-order chi connectivity index (χ1) is 13.4. The van der Waals surface area contributed by atoms with E-state index in [1.807, 2.05) is 61.1 Å². The SMILES string of the molecule is CN=C(NCc1ccn(-c2ccccc2)n1)N1CCN(C(C)(C)C(N)=O)CC1.I. The van der Waals surface area contributed by atoms with E-state index < -0.39 is 5.54 Å². The van der Waals surface area contributed by atoms with Crippen LogP contribution >= 0.6 is 24.0 Å². The van der Waals surface area contributed by atoms with Crippen LogP contribution in [0.5, 0.6) is 0 Å². The Kier molecular flexibility index (Phi) is 8.03. The number of nitrogens with one attached hydrogen (secondary N) is 1. The third-order valence-corrected chi connectivity index (χ3v) is 5.28. The minimum atomic E-state index is -0.632. The normalized spacial score (nSPS) is 15.7. The molecular formula is C20H30IN7O. The number of amides is 1. The van der Waals surface area contributed by atoms with E-state index in [4.69, 9.17) is 5.73 Å². The molecule has 8 nitrogen and oxygen atoms in total. The van der Waals surface area contributed by atoms with Gasteiger partial charge in [0.15, 0.2) is 5.96 Å². The summed E-state index contributed by atoms with van der Waals surface area (Å²) in [4.78, 5) is 20.4. The highest BCUT2D eigenvalue weighted by Gasteiger charge is 2.35. The summed E-state index contributed by atoms with van der Waals surface area (Å²) in [5.41, 5.74) is 6.88. The summed E-state index contributed by atoms with van der Waals surface area (Å²) < 4.78 is 1.87. The lowest BCUT2D eigenvalue weighted by molar-refractivity contribution is -0.129. The second-order valence-corrected chi connectivity index (χ2v) is 7.39. The van der Waals surface area contributed by atoms with Gasteiger partial charge in [-0.1, -0.05) is 18.2 Å². The van der Waals surface area contributed by atoms with Gasteiger partial charge in [0.05, 0.1) is 23.5 Å². The Morgan fingerprint density at radius 2 is 1.83 bits per heavy atom. The van der Waals surface area contributed by atoms with E-state index in [0.29, 0.717) is 6.54 Å². The number of carbonyl (C=O) groups is 1. The largest absolute Gasteiger partial charge is 0.368 e. The number of aliphatic imine (C=N–C) groups is 1. The van der Waals surface area contributed by atoms with Crippen molar-refractivity contribution in [2.24, 2.45) is 10.7 Å². The zero-order valence-electron chi connectivity index (χ0n) is 17.2. The zero-order chi connectivity index (χ0) is 20.1. The number of halogens is 1. The molecule has 0 radical (unpaired) electrons. The number of piperazine rings is 1. The number of rotatable bonds is 5. The van der Waals surface area contributed by atoms with Crippen molar-refractivity contribution in [1.82, 2.24) is 24.9 Å². The number of hydrogen-bond acceptors (Lipinski definition) is 4. The van der Waals surface area contributed by atoms with Crippen LogP contribution in [0.2, 0.25) is 0 Å². The number of carbonyl (C=O) groups excluding carboxylic acids is 1. The van der Waals surface area contributed by atoms with Gasteiger partial charge in [0, 0.05) is 39.4 Å². The van der Waals surface area contributed by atoms with Crippen LogP contribution in [0.3, 0.4) is 0 Å². The van der Waals surface area contributed by atoms with E-state index in [1.54, 1.807) is 7.05 Å². The van der Waals surface area contributed by atoms with Crippen LogP contribution < -0.4 is 11.1 Å². The van der Waals surface area contributed by atoms with Crippen molar-refractivity contribution in [2.45, 2.75) is 25.9 Å². The summed E-state index contributed by atoms with van der Waals surface area (Å²) in [6.45, 7) is 7.45. The minimum Gasteiger partial charge on any atom is -0.368 e. The van der Waals surface area contributed by atoms with E-state index in [0.717, 1.165) is 43.5 Å². The number of primary amides is 1. The summed E-state index contributed by atoms with van der Waals surface area (Å²) in [6, 6.07) is 12.0. The standard InChI is InChI=1S/C20H29N7O.HI/c1-20(2,18(21)28)26-13-11-25(12-14-26)19(22-3)23-15-16-9-10-27(24-16)17-7-5-4-6-8-17;/h4-10H,11-15H2,1-3H3,(H2,21,28)(H,22,23);1H. The summed E-state index contributed by atoms with van der Waals surface area (Å²) >= 11 is 0. The average Bonchev–Trinajstić information content (AvgIpc) is 3.18. The first-order valence-corrected chi connectivity index (χ1v) is 9.52. The number of para-hydroxylation sites is 1. The lowest BCUT2D eigenvalue weighted by atomic mass is 10.0. The lowest BCUT2D eigenvalue weighted by Gasteiger charge is -2.43. The number of nitrogens with two attached hydrogens (primary N) is 1. The molecule has 0 atom stereocenters. The molecule has 0 aliphatic carbocycles. The molecule has 9 heteroatoms. The van der Waals surface area contributed by atoms with E-state index in [-0.39, 0.29) is 29.9 Å². The van der Waals surface area contributed by atoms with Crippen molar-refractivity contribution in [3.05, 3.63) is 48.3 Å². The summed E-state index contributed by atoms with van der Waals surface area (Å²) in [6.07, 6.45) is 1.96. The second-order valence-electron chi connectivity index (χ2n) is 7.39. The molecule has 0 bridgehead atoms. The molecule has 29 heavy (non-hydrogen) atoms. The monoisotopic (exact) mass is 511 g/mol. The molecule has 1 fully saturated rings. The van der Waals surface area contributed by atoms with Crippen LogP contribution in [-0.2, 0) is 11.3 Å². The molecule has 1 aromatic heterocycles. The highest BCUT2D eigenvalue weighted by atomic mass is 127. The third kappa shape index (κ3) is 5.47. The first-order valence-electron chi connectivity index (χ1n) is 9.52. The van der Waals surface area contributed by atoms with Crippen LogP contribution in [-0.4, -0.2) is 70.2 Å². The molecule has 1 amide bonds. The van der Waals surface area contributed by atoms with Crippen LogP contribution in [0.15, 0.2) is 47.6 Å². The number of benzene rings is 1. The molecule has 1 aliphatic heterocycles. The predicted molar refractivity (Wildman–Crippen MR) is 126 cm³/mol. The molecule has 1 aliphatic rings. The molecule has 2 heterocycles. The first kappa shape index (κ1) is 23.1. The minimum absolute atomic E-state index is 0. The van der Waals surface area contributed by atoms with Gasteiger partial charge in [0.25, 0.3) is 0 Å². The van der Waals surface area contributed by atoms with E-state index >= 15 is 0 Å². The zero-order valence-corrected chi connectivity index (χ0v) is 19.5. The van der Waals surface area contributed by atoms with E-state index in [1.165, 1.54) is 0 Å². The Morgan fingerprint density at radius 1 is 1.17 bits per heavy atom. The topological polar surface area (TPSA) is 91.8 Å². The van der Waals surface area contributed by atoms with Gasteiger partial charge in [-0.05, 0) is 32.0 Å². The second kappa shape index (κ2) is 10.1. The number of nitrogens with zero attached hydrogens (tertiary/aromatic N) is 5. The maximum atomic E-state index is 11.7. The van der Waals surface area contributed by atoms with Gasteiger partial charge >= 0.3 is 0 Å². The fourth-order valence-electron chi connectivity index (χ4n) is 3.32. The van der Waals surface area contributed by atoms with E-state index in [9.17, 15) is 4.79 Å². The van der Waals surface area contributed by atoms with Gasteiger partial charge in [-0.2, -0.15) is 5.10 Å². The summed E-state index contributed by atoms with van der Waals surface area (Å²) in [7, 11) is 1.78. The quantitative estimate of drug-likeness (QED) is 0.360. The number of hydrogen-bond donors (Lipinski definition) is 2. The number of guanidine groups is 1. The molecule has 1 aromatic carbocycles. The Hall–Kier alpha value is -2.14. The van der Waals surface area contributed by atoms with Crippen LogP contribution in [0.25, 0.3) is 5.69 Å². The Labute approximate surface area is 189 Å². The molecule has 3 N–H and O–H groups in total. The third-order valence-electron chi connectivity index (χ3n) is 5.28. The Morgan fingerprint density at radius 3 is 2.41 bits per heavy atom. The fourth-order valence-corrected chi connectivity index (χ4v) is 3.32. The highest BCUT2D eigenvalue weighted by molar-refractivity contribution is 14.0.